The lowest BCUT2D eigenvalue weighted by Crippen LogP contribution is -2.28. The molecule has 3 aromatic rings. The van der Waals surface area contributed by atoms with Gasteiger partial charge in [-0.2, -0.15) is 0 Å². The van der Waals surface area contributed by atoms with Gasteiger partial charge in [-0.05, 0) is 48.7 Å². The molecule has 1 aliphatic rings. The summed E-state index contributed by atoms with van der Waals surface area (Å²) < 4.78 is 7.29. The van der Waals surface area contributed by atoms with E-state index in [2.05, 4.69) is 10.6 Å². The van der Waals surface area contributed by atoms with Crippen LogP contribution >= 0.6 is 11.6 Å². The molecular weight excluding hydrogens is 414 g/mol. The van der Waals surface area contributed by atoms with Gasteiger partial charge in [0, 0.05) is 36.6 Å². The summed E-state index contributed by atoms with van der Waals surface area (Å²) in [5, 5.41) is 6.30. The van der Waals surface area contributed by atoms with Gasteiger partial charge in [0.05, 0.1) is 23.4 Å². The Labute approximate surface area is 186 Å². The maximum atomic E-state index is 12.8. The summed E-state index contributed by atoms with van der Waals surface area (Å²) in [6.45, 7) is 0.312. The van der Waals surface area contributed by atoms with Crippen LogP contribution in [0.4, 0.5) is 5.69 Å². The average Bonchev–Trinajstić information content (AvgIpc) is 3.25. The van der Waals surface area contributed by atoms with Crippen LogP contribution < -0.4 is 15.4 Å². The molecule has 2 N–H and O–H groups in total. The SMILES string of the molecule is COc1cc(-n2cccc2)c(Cl)cc1C(=O)NCc1cccc(NC(=O)C2CCC2)c1. The number of halogens is 1. The Bertz CT molecular complexity index is 1090. The lowest BCUT2D eigenvalue weighted by Gasteiger charge is -2.24. The monoisotopic (exact) mass is 437 g/mol. The first-order valence-electron chi connectivity index (χ1n) is 10.2. The number of benzene rings is 2. The molecule has 2 aromatic carbocycles. The number of hydrogen-bond acceptors (Lipinski definition) is 3. The van der Waals surface area contributed by atoms with Gasteiger partial charge in [0.25, 0.3) is 5.91 Å². The predicted octanol–water partition coefficient (Wildman–Crippen LogP) is 4.81. The van der Waals surface area contributed by atoms with Gasteiger partial charge in [0.2, 0.25) is 5.91 Å². The van der Waals surface area contributed by atoms with E-state index in [0.717, 1.165) is 36.2 Å². The second kappa shape index (κ2) is 9.27. The van der Waals surface area contributed by atoms with Crippen LogP contribution in [0.3, 0.4) is 0 Å². The number of aromatic nitrogens is 1. The number of carbonyl (C=O) groups excluding carboxylic acids is 2. The quantitative estimate of drug-likeness (QED) is 0.557. The van der Waals surface area contributed by atoms with E-state index in [1.165, 1.54) is 7.11 Å². The van der Waals surface area contributed by atoms with Crippen molar-refractivity contribution in [2.75, 3.05) is 12.4 Å². The number of amides is 2. The van der Waals surface area contributed by atoms with Crippen LogP contribution in [0.25, 0.3) is 5.69 Å². The molecule has 4 rings (SSSR count). The van der Waals surface area contributed by atoms with E-state index in [1.54, 1.807) is 12.1 Å². The molecule has 0 bridgehead atoms. The Morgan fingerprint density at radius 1 is 1.13 bits per heavy atom. The first-order chi connectivity index (χ1) is 15.0. The fraction of sp³-hybridized carbons (Fsp3) is 0.250. The number of rotatable bonds is 7. The minimum Gasteiger partial charge on any atom is -0.496 e. The topological polar surface area (TPSA) is 72.4 Å². The molecule has 2 amide bonds. The summed E-state index contributed by atoms with van der Waals surface area (Å²) in [7, 11) is 1.52. The van der Waals surface area contributed by atoms with E-state index in [9.17, 15) is 9.59 Å². The van der Waals surface area contributed by atoms with Crippen LogP contribution in [-0.2, 0) is 11.3 Å². The lowest BCUT2D eigenvalue weighted by atomic mass is 9.85. The average molecular weight is 438 g/mol. The summed E-state index contributed by atoms with van der Waals surface area (Å²) in [5.74, 6) is 0.332. The Morgan fingerprint density at radius 3 is 2.58 bits per heavy atom. The lowest BCUT2D eigenvalue weighted by molar-refractivity contribution is -0.122. The number of hydrogen-bond donors (Lipinski definition) is 2. The van der Waals surface area contributed by atoms with Gasteiger partial charge in [0.15, 0.2) is 0 Å². The highest BCUT2D eigenvalue weighted by Gasteiger charge is 2.25. The van der Waals surface area contributed by atoms with E-state index in [1.807, 2.05) is 53.4 Å². The van der Waals surface area contributed by atoms with Crippen molar-refractivity contribution in [1.82, 2.24) is 9.88 Å². The Hall–Kier alpha value is -3.25. The highest BCUT2D eigenvalue weighted by molar-refractivity contribution is 6.33. The molecule has 0 radical (unpaired) electrons. The van der Waals surface area contributed by atoms with Crippen LogP contribution in [0.1, 0.15) is 35.2 Å². The smallest absolute Gasteiger partial charge is 0.255 e. The van der Waals surface area contributed by atoms with E-state index in [-0.39, 0.29) is 17.7 Å². The van der Waals surface area contributed by atoms with E-state index in [0.29, 0.717) is 22.9 Å². The molecular formula is C24H24ClN3O3. The Kier molecular flexibility index (Phi) is 6.28. The molecule has 1 fully saturated rings. The van der Waals surface area contributed by atoms with Crippen LogP contribution in [0.2, 0.25) is 5.02 Å². The molecule has 7 heteroatoms. The molecule has 0 atom stereocenters. The molecule has 0 unspecified atom stereocenters. The van der Waals surface area contributed by atoms with Crippen molar-refractivity contribution in [3.63, 3.8) is 0 Å². The van der Waals surface area contributed by atoms with E-state index in [4.69, 9.17) is 16.3 Å². The van der Waals surface area contributed by atoms with Crippen molar-refractivity contribution in [3.05, 3.63) is 77.1 Å². The molecule has 0 saturated heterocycles. The van der Waals surface area contributed by atoms with Crippen LogP contribution in [0.15, 0.2) is 60.9 Å². The molecule has 1 heterocycles. The van der Waals surface area contributed by atoms with Gasteiger partial charge < -0.3 is 19.9 Å². The fourth-order valence-corrected chi connectivity index (χ4v) is 3.79. The minimum absolute atomic E-state index is 0.0644. The van der Waals surface area contributed by atoms with Crippen molar-refractivity contribution in [2.45, 2.75) is 25.8 Å². The maximum absolute atomic E-state index is 12.8. The fourth-order valence-electron chi connectivity index (χ4n) is 3.53. The summed E-state index contributed by atoms with van der Waals surface area (Å²) in [5.41, 5.74) is 2.71. The van der Waals surface area contributed by atoms with E-state index < -0.39 is 0 Å². The molecule has 1 aromatic heterocycles. The maximum Gasteiger partial charge on any atom is 0.255 e. The van der Waals surface area contributed by atoms with Gasteiger partial charge >= 0.3 is 0 Å². The first kappa shape index (κ1) is 21.0. The molecule has 0 spiro atoms. The van der Waals surface area contributed by atoms with Gasteiger partial charge in [-0.1, -0.05) is 30.2 Å². The Balaban J connectivity index is 1.44. The number of nitrogens with one attached hydrogen (secondary N) is 2. The van der Waals surface area contributed by atoms with Crippen molar-refractivity contribution in [1.29, 1.82) is 0 Å². The third-order valence-electron chi connectivity index (χ3n) is 5.52. The van der Waals surface area contributed by atoms with Gasteiger partial charge in [-0.25, -0.2) is 0 Å². The highest BCUT2D eigenvalue weighted by atomic mass is 35.5. The highest BCUT2D eigenvalue weighted by Crippen LogP contribution is 2.30. The second-order valence-electron chi connectivity index (χ2n) is 7.59. The van der Waals surface area contributed by atoms with Crippen molar-refractivity contribution >= 4 is 29.1 Å². The minimum atomic E-state index is -0.290. The third kappa shape index (κ3) is 4.75. The normalized spacial score (nSPS) is 13.4. The molecule has 160 valence electrons. The van der Waals surface area contributed by atoms with Gasteiger partial charge in [-0.15, -0.1) is 0 Å². The van der Waals surface area contributed by atoms with Crippen LogP contribution in [0, 0.1) is 5.92 Å². The second-order valence-corrected chi connectivity index (χ2v) is 8.00. The van der Waals surface area contributed by atoms with Crippen molar-refractivity contribution in [3.8, 4) is 11.4 Å². The summed E-state index contributed by atoms with van der Waals surface area (Å²) in [4.78, 5) is 25.0. The number of carbonyl (C=O) groups is 2. The largest absolute Gasteiger partial charge is 0.496 e. The zero-order valence-electron chi connectivity index (χ0n) is 17.2. The molecule has 6 nitrogen and oxygen atoms in total. The number of ether oxygens (including phenoxy) is 1. The van der Waals surface area contributed by atoms with Crippen LogP contribution in [0.5, 0.6) is 5.75 Å². The van der Waals surface area contributed by atoms with Crippen molar-refractivity contribution < 1.29 is 14.3 Å². The molecule has 0 aliphatic heterocycles. The van der Waals surface area contributed by atoms with Crippen LogP contribution in [-0.4, -0.2) is 23.5 Å². The van der Waals surface area contributed by atoms with Crippen molar-refractivity contribution in [2.24, 2.45) is 5.92 Å². The number of anilines is 1. The first-order valence-corrected chi connectivity index (χ1v) is 10.6. The number of nitrogens with zero attached hydrogens (tertiary/aromatic N) is 1. The predicted molar refractivity (Wildman–Crippen MR) is 121 cm³/mol. The van der Waals surface area contributed by atoms with Gasteiger partial charge in [0.1, 0.15) is 5.75 Å². The zero-order chi connectivity index (χ0) is 21.8. The molecule has 1 aliphatic carbocycles. The summed E-state index contributed by atoms with van der Waals surface area (Å²) >= 11 is 6.43. The van der Waals surface area contributed by atoms with Gasteiger partial charge in [-0.3, -0.25) is 9.59 Å². The third-order valence-corrected chi connectivity index (χ3v) is 5.82. The number of methoxy groups -OCH3 is 1. The Morgan fingerprint density at radius 2 is 1.90 bits per heavy atom. The standard InChI is InChI=1S/C24H24ClN3O3/c1-31-22-14-21(28-10-2-3-11-28)20(25)13-19(22)24(30)26-15-16-6-4-9-18(12-16)27-23(29)17-7-5-8-17/h2-4,6,9-14,17H,5,7-8,15H2,1H3,(H,26,30)(H,27,29). The van der Waals surface area contributed by atoms with E-state index >= 15 is 0 Å². The summed E-state index contributed by atoms with van der Waals surface area (Å²) in [6, 6.07) is 14.6. The summed E-state index contributed by atoms with van der Waals surface area (Å²) in [6.07, 6.45) is 6.77. The molecule has 1 saturated carbocycles. The molecule has 31 heavy (non-hydrogen) atoms. The zero-order valence-corrected chi connectivity index (χ0v) is 18.0.